The lowest BCUT2D eigenvalue weighted by Crippen LogP contribution is -2.41. The number of carbonyl (C=O) groups excluding carboxylic acids is 1. The van der Waals surface area contributed by atoms with Crippen LogP contribution >= 0.6 is 11.6 Å². The molecule has 0 spiro atoms. The molecule has 7 nitrogen and oxygen atoms in total. The molecule has 1 saturated carbocycles. The van der Waals surface area contributed by atoms with Crippen molar-refractivity contribution < 1.29 is 24.5 Å². The van der Waals surface area contributed by atoms with Gasteiger partial charge in [0, 0.05) is 28.2 Å². The van der Waals surface area contributed by atoms with Gasteiger partial charge in [0.05, 0.1) is 31.8 Å². The highest BCUT2D eigenvalue weighted by molar-refractivity contribution is 6.31. The monoisotopic (exact) mass is 526 g/mol. The molecule has 0 saturated heterocycles. The van der Waals surface area contributed by atoms with E-state index in [2.05, 4.69) is 4.98 Å². The number of hydrogen-bond acceptors (Lipinski definition) is 5. The van der Waals surface area contributed by atoms with E-state index in [1.807, 2.05) is 54.3 Å². The molecule has 8 heteroatoms. The fourth-order valence-corrected chi connectivity index (χ4v) is 5.36. The van der Waals surface area contributed by atoms with Gasteiger partial charge in [0.1, 0.15) is 11.8 Å². The third-order valence-corrected chi connectivity index (χ3v) is 8.39. The van der Waals surface area contributed by atoms with Crippen LogP contribution in [0.4, 0.5) is 4.79 Å². The average molecular weight is 527 g/mol. The Balaban J connectivity index is 1.43. The van der Waals surface area contributed by atoms with Crippen molar-refractivity contribution >= 4 is 28.6 Å². The van der Waals surface area contributed by atoms with E-state index in [-0.39, 0.29) is 32.0 Å². The van der Waals surface area contributed by atoms with Crippen molar-refractivity contribution in [1.29, 1.82) is 0 Å². The van der Waals surface area contributed by atoms with Crippen molar-refractivity contribution in [2.45, 2.75) is 45.1 Å². The fraction of sp³-hybridized carbons (Fsp3) is 0.483. The molecule has 1 aliphatic heterocycles. The van der Waals surface area contributed by atoms with Gasteiger partial charge in [-0.3, -0.25) is 4.90 Å². The quantitative estimate of drug-likeness (QED) is 0.344. The number of fused-ring (bicyclic) bond motifs is 3. The number of H-pyrrole nitrogens is 1. The second kappa shape index (κ2) is 10.9. The van der Waals surface area contributed by atoms with Crippen LogP contribution in [0, 0.1) is 11.3 Å². The first-order valence-electron chi connectivity index (χ1n) is 13.1. The van der Waals surface area contributed by atoms with Gasteiger partial charge in [-0.1, -0.05) is 37.1 Å². The summed E-state index contributed by atoms with van der Waals surface area (Å²) in [5, 5.41) is 21.2. The van der Waals surface area contributed by atoms with Crippen LogP contribution in [0.5, 0.6) is 5.75 Å². The molecule has 0 radical (unpaired) electrons. The van der Waals surface area contributed by atoms with E-state index in [1.54, 1.807) is 0 Å². The summed E-state index contributed by atoms with van der Waals surface area (Å²) < 4.78 is 11.7. The first-order valence-corrected chi connectivity index (χ1v) is 13.5. The van der Waals surface area contributed by atoms with E-state index in [0.29, 0.717) is 42.7 Å². The molecule has 1 aliphatic carbocycles. The molecule has 3 aromatic rings. The number of benzene rings is 2. The molecule has 37 heavy (non-hydrogen) atoms. The Labute approximate surface area is 222 Å². The molecular weight excluding hydrogens is 492 g/mol. The van der Waals surface area contributed by atoms with E-state index in [9.17, 15) is 15.0 Å². The highest BCUT2D eigenvalue weighted by Gasteiger charge is 2.36. The van der Waals surface area contributed by atoms with Crippen LogP contribution in [0.2, 0.25) is 5.02 Å². The molecule has 0 bridgehead atoms. The lowest BCUT2D eigenvalue weighted by molar-refractivity contribution is 0.0114. The zero-order valence-corrected chi connectivity index (χ0v) is 22.0. The minimum absolute atomic E-state index is 0.148. The van der Waals surface area contributed by atoms with Gasteiger partial charge in [-0.2, -0.15) is 0 Å². The van der Waals surface area contributed by atoms with Gasteiger partial charge in [0.25, 0.3) is 0 Å². The standard InChI is InChI=1S/C29H35ClN2O5/c1-2-29(16-33,17-34)18-37-22-9-6-20(7-10-22)27-26-23(24-14-21(30)8-11-25(24)31-26)12-13-32(27)28(35)36-15-19-4-3-5-19/h6-11,14,19,27,31,33-34H,2-5,12-13,15-18H2,1H3. The first kappa shape index (κ1) is 25.9. The molecule has 1 atom stereocenters. The summed E-state index contributed by atoms with van der Waals surface area (Å²) in [6.07, 6.45) is 4.48. The van der Waals surface area contributed by atoms with Crippen LogP contribution in [-0.2, 0) is 11.2 Å². The number of aromatic nitrogens is 1. The number of amides is 1. The van der Waals surface area contributed by atoms with Crippen molar-refractivity contribution in [2.24, 2.45) is 11.3 Å². The van der Waals surface area contributed by atoms with Crippen LogP contribution in [0.25, 0.3) is 10.9 Å². The van der Waals surface area contributed by atoms with Crippen molar-refractivity contribution in [3.8, 4) is 5.75 Å². The van der Waals surface area contributed by atoms with Crippen LogP contribution in [-0.4, -0.2) is 59.2 Å². The zero-order chi connectivity index (χ0) is 26.0. The Bertz CT molecular complexity index is 1220. The predicted octanol–water partition coefficient (Wildman–Crippen LogP) is 5.47. The molecule has 1 fully saturated rings. The molecule has 5 rings (SSSR count). The number of nitrogens with zero attached hydrogens (tertiary/aromatic N) is 1. The maximum Gasteiger partial charge on any atom is 0.410 e. The number of aromatic amines is 1. The number of aliphatic hydroxyl groups is 2. The number of hydrogen-bond donors (Lipinski definition) is 3. The van der Waals surface area contributed by atoms with Gasteiger partial charge in [-0.25, -0.2) is 4.79 Å². The van der Waals surface area contributed by atoms with Crippen molar-refractivity contribution in [3.63, 3.8) is 0 Å². The van der Waals surface area contributed by atoms with E-state index in [0.717, 1.165) is 35.0 Å². The maximum atomic E-state index is 13.3. The lowest BCUT2D eigenvalue weighted by Gasteiger charge is -2.36. The maximum absolute atomic E-state index is 13.3. The van der Waals surface area contributed by atoms with Gasteiger partial charge in [0.2, 0.25) is 0 Å². The van der Waals surface area contributed by atoms with Crippen LogP contribution in [0.3, 0.4) is 0 Å². The van der Waals surface area contributed by atoms with E-state index in [1.165, 1.54) is 12.0 Å². The lowest BCUT2D eigenvalue weighted by atomic mass is 9.86. The number of ether oxygens (including phenoxy) is 2. The summed E-state index contributed by atoms with van der Waals surface area (Å²) in [5.74, 6) is 1.12. The molecule has 2 heterocycles. The highest BCUT2D eigenvalue weighted by atomic mass is 35.5. The van der Waals surface area contributed by atoms with E-state index < -0.39 is 5.41 Å². The Morgan fingerprint density at radius 1 is 1.16 bits per heavy atom. The SMILES string of the molecule is CCC(CO)(CO)COc1ccc(C2c3[nH]c4ccc(Cl)cc4c3CCN2C(=O)OCC2CCC2)cc1. The number of rotatable bonds is 9. The summed E-state index contributed by atoms with van der Waals surface area (Å²) in [7, 11) is 0. The van der Waals surface area contributed by atoms with Crippen molar-refractivity contribution in [2.75, 3.05) is 33.0 Å². The predicted molar refractivity (Wildman–Crippen MR) is 143 cm³/mol. The summed E-state index contributed by atoms with van der Waals surface area (Å²) in [6.45, 7) is 2.86. The minimum atomic E-state index is -0.677. The number of nitrogens with one attached hydrogen (secondary N) is 1. The molecule has 3 N–H and O–H groups in total. The van der Waals surface area contributed by atoms with Crippen molar-refractivity contribution in [3.05, 3.63) is 64.3 Å². The Morgan fingerprint density at radius 3 is 2.57 bits per heavy atom. The normalized spacial score (nSPS) is 17.9. The smallest absolute Gasteiger partial charge is 0.410 e. The third kappa shape index (κ3) is 5.17. The Morgan fingerprint density at radius 2 is 1.92 bits per heavy atom. The fourth-order valence-electron chi connectivity index (χ4n) is 5.19. The molecule has 1 amide bonds. The number of halogens is 1. The number of aliphatic hydroxyl groups excluding tert-OH is 2. The van der Waals surface area contributed by atoms with Gasteiger partial charge in [-0.05, 0) is 73.1 Å². The first-order chi connectivity index (χ1) is 18.0. The average Bonchev–Trinajstić information content (AvgIpc) is 3.26. The molecular formula is C29H35ClN2O5. The zero-order valence-electron chi connectivity index (χ0n) is 21.2. The van der Waals surface area contributed by atoms with Gasteiger partial charge in [0.15, 0.2) is 0 Å². The Kier molecular flexibility index (Phi) is 7.65. The molecule has 1 unspecified atom stereocenters. The van der Waals surface area contributed by atoms with Crippen LogP contribution in [0.15, 0.2) is 42.5 Å². The van der Waals surface area contributed by atoms with Crippen LogP contribution in [0.1, 0.15) is 55.5 Å². The minimum Gasteiger partial charge on any atom is -0.493 e. The Hall–Kier alpha value is -2.74. The van der Waals surface area contributed by atoms with Gasteiger partial charge in [-0.15, -0.1) is 0 Å². The molecule has 2 aromatic carbocycles. The van der Waals surface area contributed by atoms with Crippen LogP contribution < -0.4 is 4.74 Å². The molecule has 2 aliphatic rings. The highest BCUT2D eigenvalue weighted by Crippen LogP contribution is 2.40. The van der Waals surface area contributed by atoms with Gasteiger partial charge >= 0.3 is 6.09 Å². The number of carbonyl (C=O) groups is 1. The van der Waals surface area contributed by atoms with E-state index in [4.69, 9.17) is 21.1 Å². The second-order valence-corrected chi connectivity index (χ2v) is 10.9. The summed E-state index contributed by atoms with van der Waals surface area (Å²) in [4.78, 5) is 18.6. The van der Waals surface area contributed by atoms with Crippen molar-refractivity contribution in [1.82, 2.24) is 9.88 Å². The van der Waals surface area contributed by atoms with E-state index >= 15 is 0 Å². The third-order valence-electron chi connectivity index (χ3n) is 8.15. The largest absolute Gasteiger partial charge is 0.493 e. The summed E-state index contributed by atoms with van der Waals surface area (Å²) >= 11 is 6.31. The molecule has 198 valence electrons. The molecule has 1 aromatic heterocycles. The summed E-state index contributed by atoms with van der Waals surface area (Å²) in [5.41, 5.74) is 3.40. The summed E-state index contributed by atoms with van der Waals surface area (Å²) in [6, 6.07) is 13.2. The topological polar surface area (TPSA) is 95.0 Å². The van der Waals surface area contributed by atoms with Gasteiger partial charge < -0.3 is 24.7 Å². The second-order valence-electron chi connectivity index (χ2n) is 10.5.